The molecule has 0 bridgehead atoms. The number of halogens is 4. The summed E-state index contributed by atoms with van der Waals surface area (Å²) in [5, 5.41) is 7.82. The molecule has 0 aromatic heterocycles. The zero-order valence-corrected chi connectivity index (χ0v) is 6.53. The molecule has 0 aliphatic heterocycles. The topological polar surface area (TPSA) is 23.8 Å². The monoisotopic (exact) mass is 183 g/mol. The van der Waals surface area contributed by atoms with Gasteiger partial charge in [0.1, 0.15) is 6.07 Å². The highest BCUT2D eigenvalue weighted by Crippen LogP contribution is 2.30. The SMILES string of the molecule is CCCC(F)C(F)(F)C(F)C#N. The van der Waals surface area contributed by atoms with Crippen molar-refractivity contribution in [3.63, 3.8) is 0 Å². The summed E-state index contributed by atoms with van der Waals surface area (Å²) in [6.07, 6.45) is -5.87. The molecule has 5 heteroatoms. The zero-order valence-electron chi connectivity index (χ0n) is 6.53. The predicted octanol–water partition coefficient (Wildman–Crippen LogP) is 2.62. The van der Waals surface area contributed by atoms with Crippen LogP contribution in [0.2, 0.25) is 0 Å². The molecule has 0 heterocycles. The van der Waals surface area contributed by atoms with Gasteiger partial charge in [-0.05, 0) is 6.42 Å². The first-order chi connectivity index (χ1) is 5.46. The third kappa shape index (κ3) is 2.36. The molecule has 0 fully saturated rings. The van der Waals surface area contributed by atoms with Crippen molar-refractivity contribution >= 4 is 0 Å². The molecule has 0 spiro atoms. The van der Waals surface area contributed by atoms with E-state index in [2.05, 4.69) is 0 Å². The van der Waals surface area contributed by atoms with E-state index in [-0.39, 0.29) is 6.42 Å². The second kappa shape index (κ2) is 4.29. The Morgan fingerprint density at radius 1 is 1.42 bits per heavy atom. The van der Waals surface area contributed by atoms with E-state index in [9.17, 15) is 17.6 Å². The maximum absolute atomic E-state index is 12.5. The van der Waals surface area contributed by atoms with Gasteiger partial charge in [0.25, 0.3) is 6.17 Å². The van der Waals surface area contributed by atoms with Crippen molar-refractivity contribution in [3.8, 4) is 6.07 Å². The van der Waals surface area contributed by atoms with E-state index in [0.29, 0.717) is 6.07 Å². The molecule has 0 N–H and O–H groups in total. The molecule has 0 amide bonds. The minimum Gasteiger partial charge on any atom is -0.241 e. The molecular weight excluding hydrogens is 174 g/mol. The van der Waals surface area contributed by atoms with Crippen LogP contribution in [0.4, 0.5) is 17.6 Å². The number of rotatable bonds is 4. The first kappa shape index (κ1) is 11.2. The number of hydrogen-bond acceptors (Lipinski definition) is 1. The molecular formula is C7H9F4N. The first-order valence-electron chi connectivity index (χ1n) is 3.52. The molecule has 0 aliphatic rings. The second-order valence-electron chi connectivity index (χ2n) is 2.42. The van der Waals surface area contributed by atoms with Crippen molar-refractivity contribution in [2.24, 2.45) is 0 Å². The minimum atomic E-state index is -4.18. The third-order valence-corrected chi connectivity index (χ3v) is 1.41. The van der Waals surface area contributed by atoms with Gasteiger partial charge in [-0.2, -0.15) is 14.0 Å². The Kier molecular flexibility index (Phi) is 4.01. The van der Waals surface area contributed by atoms with Crippen molar-refractivity contribution < 1.29 is 17.6 Å². The van der Waals surface area contributed by atoms with Crippen LogP contribution in [0.5, 0.6) is 0 Å². The fourth-order valence-corrected chi connectivity index (χ4v) is 0.691. The van der Waals surface area contributed by atoms with Crippen LogP contribution in [-0.4, -0.2) is 18.3 Å². The van der Waals surface area contributed by atoms with Gasteiger partial charge in [0.2, 0.25) is 0 Å². The molecule has 1 nitrogen and oxygen atoms in total. The van der Waals surface area contributed by atoms with E-state index in [1.54, 1.807) is 0 Å². The fourth-order valence-electron chi connectivity index (χ4n) is 0.691. The molecule has 2 atom stereocenters. The van der Waals surface area contributed by atoms with Gasteiger partial charge in [0.05, 0.1) is 0 Å². The van der Waals surface area contributed by atoms with E-state index in [1.165, 1.54) is 6.92 Å². The Balaban J connectivity index is 4.29. The summed E-state index contributed by atoms with van der Waals surface area (Å²) in [6.45, 7) is 1.50. The fraction of sp³-hybridized carbons (Fsp3) is 0.857. The molecule has 0 aromatic rings. The molecule has 0 aliphatic carbocycles. The highest BCUT2D eigenvalue weighted by molar-refractivity contribution is 4.97. The van der Waals surface area contributed by atoms with Crippen LogP contribution in [0.25, 0.3) is 0 Å². The molecule has 70 valence electrons. The van der Waals surface area contributed by atoms with Crippen LogP contribution in [0.1, 0.15) is 19.8 Å². The second-order valence-corrected chi connectivity index (χ2v) is 2.42. The van der Waals surface area contributed by atoms with Crippen LogP contribution in [0.3, 0.4) is 0 Å². The van der Waals surface area contributed by atoms with Crippen LogP contribution < -0.4 is 0 Å². The van der Waals surface area contributed by atoms with Crippen molar-refractivity contribution in [3.05, 3.63) is 0 Å². The van der Waals surface area contributed by atoms with E-state index in [0.717, 1.165) is 0 Å². The smallest absolute Gasteiger partial charge is 0.241 e. The van der Waals surface area contributed by atoms with Crippen LogP contribution in [-0.2, 0) is 0 Å². The maximum atomic E-state index is 12.5. The van der Waals surface area contributed by atoms with Gasteiger partial charge in [-0.25, -0.2) is 8.78 Å². The number of nitriles is 1. The standard InChI is InChI=1S/C7H9F4N/c1-2-3-5(8)7(10,11)6(9)4-12/h5-6H,2-3H2,1H3. The molecule has 0 saturated heterocycles. The summed E-state index contributed by atoms with van der Waals surface area (Å²) >= 11 is 0. The molecule has 2 unspecified atom stereocenters. The Hall–Kier alpha value is -0.790. The minimum absolute atomic E-state index is 0.189. The molecule has 12 heavy (non-hydrogen) atoms. The number of nitrogens with zero attached hydrogens (tertiary/aromatic N) is 1. The summed E-state index contributed by atoms with van der Waals surface area (Å²) < 4.78 is 49.5. The normalized spacial score (nSPS) is 16.7. The lowest BCUT2D eigenvalue weighted by Gasteiger charge is -2.19. The Morgan fingerprint density at radius 2 is 1.92 bits per heavy atom. The summed E-state index contributed by atoms with van der Waals surface area (Å²) in [6, 6.07) is 0.688. The van der Waals surface area contributed by atoms with E-state index in [4.69, 9.17) is 5.26 Å². The Labute approximate surface area is 68.0 Å². The number of hydrogen-bond donors (Lipinski definition) is 0. The summed E-state index contributed by atoms with van der Waals surface area (Å²) in [5.41, 5.74) is 0. The molecule has 0 saturated carbocycles. The van der Waals surface area contributed by atoms with Gasteiger partial charge in [-0.3, -0.25) is 0 Å². The molecule has 0 aromatic carbocycles. The van der Waals surface area contributed by atoms with Crippen molar-refractivity contribution in [2.75, 3.05) is 0 Å². The average Bonchev–Trinajstić information content (AvgIpc) is 2.03. The molecule has 0 rings (SSSR count). The van der Waals surface area contributed by atoms with Crippen molar-refractivity contribution in [1.29, 1.82) is 5.26 Å². The van der Waals surface area contributed by atoms with Crippen LogP contribution in [0.15, 0.2) is 0 Å². The Bertz CT molecular complexity index is 175. The van der Waals surface area contributed by atoms with Crippen molar-refractivity contribution in [1.82, 2.24) is 0 Å². The van der Waals surface area contributed by atoms with Crippen LogP contribution in [0, 0.1) is 11.3 Å². The lowest BCUT2D eigenvalue weighted by Crippen LogP contribution is -2.39. The van der Waals surface area contributed by atoms with Gasteiger partial charge in [-0.15, -0.1) is 0 Å². The van der Waals surface area contributed by atoms with Gasteiger partial charge in [0, 0.05) is 0 Å². The van der Waals surface area contributed by atoms with Gasteiger partial charge >= 0.3 is 5.92 Å². The average molecular weight is 183 g/mol. The van der Waals surface area contributed by atoms with Crippen molar-refractivity contribution in [2.45, 2.75) is 38.0 Å². The highest BCUT2D eigenvalue weighted by Gasteiger charge is 2.48. The summed E-state index contributed by atoms with van der Waals surface area (Å²) in [7, 11) is 0. The van der Waals surface area contributed by atoms with Gasteiger partial charge in [0.15, 0.2) is 6.17 Å². The lowest BCUT2D eigenvalue weighted by atomic mass is 10.1. The predicted molar refractivity (Wildman–Crippen MR) is 35.3 cm³/mol. The lowest BCUT2D eigenvalue weighted by molar-refractivity contribution is -0.112. The van der Waals surface area contributed by atoms with Gasteiger partial charge < -0.3 is 0 Å². The third-order valence-electron chi connectivity index (χ3n) is 1.41. The summed E-state index contributed by atoms with van der Waals surface area (Å²) in [4.78, 5) is 0. The van der Waals surface area contributed by atoms with E-state index in [1.807, 2.05) is 0 Å². The van der Waals surface area contributed by atoms with E-state index >= 15 is 0 Å². The highest BCUT2D eigenvalue weighted by atomic mass is 19.3. The summed E-state index contributed by atoms with van der Waals surface area (Å²) in [5.74, 6) is -4.18. The van der Waals surface area contributed by atoms with Crippen LogP contribution >= 0.6 is 0 Å². The molecule has 0 radical (unpaired) electrons. The first-order valence-corrected chi connectivity index (χ1v) is 3.52. The largest absolute Gasteiger partial charge is 0.322 e. The number of alkyl halides is 4. The van der Waals surface area contributed by atoms with Gasteiger partial charge in [-0.1, -0.05) is 13.3 Å². The maximum Gasteiger partial charge on any atom is 0.322 e. The van der Waals surface area contributed by atoms with E-state index < -0.39 is 24.7 Å². The quantitative estimate of drug-likeness (QED) is 0.614. The Morgan fingerprint density at radius 3 is 2.25 bits per heavy atom. The zero-order chi connectivity index (χ0) is 9.78.